The topological polar surface area (TPSA) is 83.5 Å². The van der Waals surface area contributed by atoms with E-state index in [0.717, 1.165) is 0 Å². The normalized spacial score (nSPS) is 9.94. The SMILES string of the molecule is CC(=O)c1csc(C(=O)NCCCC(=O)O)c1. The monoisotopic (exact) mass is 255 g/mol. The van der Waals surface area contributed by atoms with Gasteiger partial charge in [-0.15, -0.1) is 11.3 Å². The second kappa shape index (κ2) is 6.15. The zero-order chi connectivity index (χ0) is 12.8. The fourth-order valence-electron chi connectivity index (χ4n) is 1.17. The van der Waals surface area contributed by atoms with Gasteiger partial charge in [-0.25, -0.2) is 0 Å². The van der Waals surface area contributed by atoms with E-state index in [0.29, 0.717) is 23.4 Å². The van der Waals surface area contributed by atoms with Gasteiger partial charge in [-0.2, -0.15) is 0 Å². The first kappa shape index (κ1) is 13.4. The van der Waals surface area contributed by atoms with E-state index < -0.39 is 5.97 Å². The minimum Gasteiger partial charge on any atom is -0.481 e. The predicted octanol–water partition coefficient (Wildman–Crippen LogP) is 1.55. The average Bonchev–Trinajstić information content (AvgIpc) is 2.73. The summed E-state index contributed by atoms with van der Waals surface area (Å²) in [7, 11) is 0. The summed E-state index contributed by atoms with van der Waals surface area (Å²) in [4.78, 5) is 33.3. The summed E-state index contributed by atoms with van der Waals surface area (Å²) < 4.78 is 0. The number of carbonyl (C=O) groups excluding carboxylic acids is 2. The van der Waals surface area contributed by atoms with Crippen molar-refractivity contribution in [3.63, 3.8) is 0 Å². The van der Waals surface area contributed by atoms with Crippen LogP contribution in [0.1, 0.15) is 39.8 Å². The molecule has 17 heavy (non-hydrogen) atoms. The summed E-state index contributed by atoms with van der Waals surface area (Å²) in [6.45, 7) is 1.76. The number of rotatable bonds is 6. The van der Waals surface area contributed by atoms with Crippen LogP contribution in [0, 0.1) is 0 Å². The molecule has 6 heteroatoms. The largest absolute Gasteiger partial charge is 0.481 e. The molecule has 0 fully saturated rings. The van der Waals surface area contributed by atoms with Crippen molar-refractivity contribution in [2.24, 2.45) is 0 Å². The maximum atomic E-state index is 11.6. The minimum atomic E-state index is -0.880. The molecule has 0 saturated carbocycles. The number of carboxylic acid groups (broad SMARTS) is 1. The Bertz CT molecular complexity index is 438. The van der Waals surface area contributed by atoms with Gasteiger partial charge in [-0.3, -0.25) is 14.4 Å². The van der Waals surface area contributed by atoms with Crippen molar-refractivity contribution < 1.29 is 19.5 Å². The molecule has 0 saturated heterocycles. The number of carbonyl (C=O) groups is 3. The molecule has 2 N–H and O–H groups in total. The third kappa shape index (κ3) is 4.36. The number of amides is 1. The first-order valence-corrected chi connectivity index (χ1v) is 5.98. The van der Waals surface area contributed by atoms with E-state index in [1.54, 1.807) is 11.4 Å². The van der Waals surface area contributed by atoms with Gasteiger partial charge in [0.15, 0.2) is 5.78 Å². The molecule has 1 heterocycles. The lowest BCUT2D eigenvalue weighted by atomic mass is 10.2. The highest BCUT2D eigenvalue weighted by Gasteiger charge is 2.10. The first-order chi connectivity index (χ1) is 8.00. The standard InChI is InChI=1S/C11H13NO4S/c1-7(13)8-5-9(17-6-8)11(16)12-4-2-3-10(14)15/h5-6H,2-4H2,1H3,(H,12,16)(H,14,15). The highest BCUT2D eigenvalue weighted by Crippen LogP contribution is 2.14. The van der Waals surface area contributed by atoms with Gasteiger partial charge in [-0.05, 0) is 19.4 Å². The second-order valence-corrected chi connectivity index (χ2v) is 4.42. The van der Waals surface area contributed by atoms with Crippen molar-refractivity contribution in [2.45, 2.75) is 19.8 Å². The minimum absolute atomic E-state index is 0.0312. The molecule has 0 unspecified atom stereocenters. The molecule has 0 radical (unpaired) electrons. The molecule has 0 aliphatic rings. The maximum Gasteiger partial charge on any atom is 0.303 e. The van der Waals surface area contributed by atoms with Crippen molar-refractivity contribution in [1.82, 2.24) is 5.32 Å². The molecule has 0 bridgehead atoms. The van der Waals surface area contributed by atoms with Crippen LogP contribution in [0.3, 0.4) is 0 Å². The lowest BCUT2D eigenvalue weighted by Gasteiger charge is -2.01. The van der Waals surface area contributed by atoms with Gasteiger partial charge >= 0.3 is 5.97 Å². The van der Waals surface area contributed by atoms with Gasteiger partial charge in [0.25, 0.3) is 5.91 Å². The summed E-state index contributed by atoms with van der Waals surface area (Å²) in [5.41, 5.74) is 0.519. The molecule has 1 amide bonds. The van der Waals surface area contributed by atoms with Gasteiger partial charge < -0.3 is 10.4 Å². The zero-order valence-corrected chi connectivity index (χ0v) is 10.2. The molecule has 1 rings (SSSR count). The smallest absolute Gasteiger partial charge is 0.303 e. The van der Waals surface area contributed by atoms with E-state index in [1.165, 1.54) is 18.3 Å². The van der Waals surface area contributed by atoms with Crippen molar-refractivity contribution in [2.75, 3.05) is 6.54 Å². The number of hydrogen-bond donors (Lipinski definition) is 2. The lowest BCUT2D eigenvalue weighted by Crippen LogP contribution is -2.24. The van der Waals surface area contributed by atoms with Crippen LogP contribution in [-0.2, 0) is 4.79 Å². The lowest BCUT2D eigenvalue weighted by molar-refractivity contribution is -0.137. The van der Waals surface area contributed by atoms with E-state index in [4.69, 9.17) is 5.11 Å². The number of aliphatic carboxylic acids is 1. The van der Waals surface area contributed by atoms with Crippen LogP contribution < -0.4 is 5.32 Å². The summed E-state index contributed by atoms with van der Waals surface area (Å²) in [5.74, 6) is -1.23. The van der Waals surface area contributed by atoms with Crippen LogP contribution in [0.4, 0.5) is 0 Å². The Hall–Kier alpha value is -1.69. The third-order valence-electron chi connectivity index (χ3n) is 2.08. The van der Waals surface area contributed by atoms with Gasteiger partial charge in [0, 0.05) is 23.9 Å². The first-order valence-electron chi connectivity index (χ1n) is 5.10. The molecule has 0 aromatic carbocycles. The Morgan fingerprint density at radius 2 is 2.12 bits per heavy atom. The van der Waals surface area contributed by atoms with Crippen LogP contribution in [0.5, 0.6) is 0 Å². The van der Waals surface area contributed by atoms with Crippen molar-refractivity contribution >= 4 is 29.0 Å². The van der Waals surface area contributed by atoms with E-state index in [9.17, 15) is 14.4 Å². The summed E-state index contributed by atoms with van der Waals surface area (Å²) in [6, 6.07) is 1.54. The quantitative estimate of drug-likeness (QED) is 0.596. The Kier molecular flexibility index (Phi) is 4.84. The molecular weight excluding hydrogens is 242 g/mol. The molecular formula is C11H13NO4S. The molecule has 0 atom stereocenters. The third-order valence-corrected chi connectivity index (χ3v) is 3.01. The van der Waals surface area contributed by atoms with E-state index in [1.807, 2.05) is 0 Å². The Balaban J connectivity index is 2.41. The van der Waals surface area contributed by atoms with Gasteiger partial charge in [0.2, 0.25) is 0 Å². The number of Topliss-reactive ketones (excluding diaryl/α,β-unsaturated/α-hetero) is 1. The molecule has 1 aromatic heterocycles. The van der Waals surface area contributed by atoms with Crippen molar-refractivity contribution in [3.8, 4) is 0 Å². The van der Waals surface area contributed by atoms with Crippen molar-refractivity contribution in [1.29, 1.82) is 0 Å². The molecule has 1 aromatic rings. The van der Waals surface area contributed by atoms with E-state index in [2.05, 4.69) is 5.32 Å². The van der Waals surface area contributed by atoms with E-state index in [-0.39, 0.29) is 18.1 Å². The molecule has 0 aliphatic carbocycles. The Morgan fingerprint density at radius 1 is 1.41 bits per heavy atom. The summed E-state index contributed by atoms with van der Waals surface area (Å²) in [6.07, 6.45) is 0.426. The second-order valence-electron chi connectivity index (χ2n) is 3.51. The maximum absolute atomic E-state index is 11.6. The number of thiophene rings is 1. The van der Waals surface area contributed by atoms with E-state index >= 15 is 0 Å². The molecule has 0 aliphatic heterocycles. The average molecular weight is 255 g/mol. The fourth-order valence-corrected chi connectivity index (χ4v) is 2.03. The van der Waals surface area contributed by atoms with Gasteiger partial charge in [0.1, 0.15) is 0 Å². The Morgan fingerprint density at radius 3 is 2.65 bits per heavy atom. The summed E-state index contributed by atoms with van der Waals surface area (Å²) in [5, 5.41) is 12.6. The number of ketones is 1. The van der Waals surface area contributed by atoms with Crippen LogP contribution in [0.25, 0.3) is 0 Å². The van der Waals surface area contributed by atoms with Crippen molar-refractivity contribution in [3.05, 3.63) is 21.9 Å². The van der Waals surface area contributed by atoms with Crippen LogP contribution in [0.2, 0.25) is 0 Å². The highest BCUT2D eigenvalue weighted by atomic mass is 32.1. The van der Waals surface area contributed by atoms with Crippen LogP contribution in [0.15, 0.2) is 11.4 Å². The zero-order valence-electron chi connectivity index (χ0n) is 9.36. The van der Waals surface area contributed by atoms with Gasteiger partial charge in [-0.1, -0.05) is 0 Å². The Labute approximate surface area is 102 Å². The van der Waals surface area contributed by atoms with Crippen LogP contribution in [-0.4, -0.2) is 29.3 Å². The highest BCUT2D eigenvalue weighted by molar-refractivity contribution is 7.12. The number of hydrogen-bond acceptors (Lipinski definition) is 4. The number of carboxylic acids is 1. The molecule has 0 spiro atoms. The van der Waals surface area contributed by atoms with Crippen LogP contribution >= 0.6 is 11.3 Å². The molecule has 92 valence electrons. The van der Waals surface area contributed by atoms with Gasteiger partial charge in [0.05, 0.1) is 4.88 Å². The fraction of sp³-hybridized carbons (Fsp3) is 0.364. The number of nitrogens with one attached hydrogen (secondary N) is 1. The summed E-state index contributed by atoms with van der Waals surface area (Å²) >= 11 is 1.20. The predicted molar refractivity (Wildman–Crippen MR) is 63.5 cm³/mol. The molecule has 5 nitrogen and oxygen atoms in total.